The SMILES string of the molecule is Cc1ccc(-c2csc(-c3cn(-c4ccccc4)nc3N)n2)cc1. The van der Waals surface area contributed by atoms with Gasteiger partial charge in [-0.15, -0.1) is 16.4 Å². The number of nitrogens with zero attached hydrogens (tertiary/aromatic N) is 3. The summed E-state index contributed by atoms with van der Waals surface area (Å²) in [7, 11) is 0. The zero-order valence-electron chi connectivity index (χ0n) is 13.2. The van der Waals surface area contributed by atoms with Gasteiger partial charge < -0.3 is 5.73 Å². The Morgan fingerprint density at radius 1 is 1.00 bits per heavy atom. The molecule has 2 aromatic carbocycles. The van der Waals surface area contributed by atoms with E-state index in [2.05, 4.69) is 41.7 Å². The van der Waals surface area contributed by atoms with Crippen molar-refractivity contribution in [2.45, 2.75) is 6.92 Å². The first-order valence-electron chi connectivity index (χ1n) is 7.64. The topological polar surface area (TPSA) is 56.7 Å². The summed E-state index contributed by atoms with van der Waals surface area (Å²) in [5.74, 6) is 0.489. The number of aryl methyl sites for hydroxylation is 1. The zero-order valence-corrected chi connectivity index (χ0v) is 14.0. The van der Waals surface area contributed by atoms with Crippen molar-refractivity contribution in [2.24, 2.45) is 0 Å². The Labute approximate surface area is 144 Å². The number of hydrogen-bond acceptors (Lipinski definition) is 4. The Bertz CT molecular complexity index is 968. The number of aromatic nitrogens is 3. The lowest BCUT2D eigenvalue weighted by atomic mass is 10.1. The van der Waals surface area contributed by atoms with Crippen LogP contribution in [0.5, 0.6) is 0 Å². The monoisotopic (exact) mass is 332 g/mol. The quantitative estimate of drug-likeness (QED) is 0.598. The second kappa shape index (κ2) is 5.94. The number of anilines is 1. The van der Waals surface area contributed by atoms with Crippen LogP contribution < -0.4 is 5.73 Å². The molecule has 0 spiro atoms. The predicted molar refractivity (Wildman–Crippen MR) is 99.3 cm³/mol. The third kappa shape index (κ3) is 2.70. The number of para-hydroxylation sites is 1. The molecule has 2 N–H and O–H groups in total. The highest BCUT2D eigenvalue weighted by Crippen LogP contribution is 2.32. The normalized spacial score (nSPS) is 10.9. The van der Waals surface area contributed by atoms with Crippen LogP contribution in [0.15, 0.2) is 66.2 Å². The number of benzene rings is 2. The molecule has 0 aliphatic carbocycles. The fourth-order valence-electron chi connectivity index (χ4n) is 2.52. The van der Waals surface area contributed by atoms with Crippen LogP contribution in [0, 0.1) is 6.92 Å². The molecule has 24 heavy (non-hydrogen) atoms. The summed E-state index contributed by atoms with van der Waals surface area (Å²) in [6, 6.07) is 18.3. The van der Waals surface area contributed by atoms with E-state index in [1.165, 1.54) is 5.56 Å². The average molecular weight is 332 g/mol. The average Bonchev–Trinajstić information content (AvgIpc) is 3.23. The molecule has 4 nitrogen and oxygen atoms in total. The number of nitrogen functional groups attached to an aromatic ring is 1. The van der Waals surface area contributed by atoms with Gasteiger partial charge in [0.1, 0.15) is 5.01 Å². The van der Waals surface area contributed by atoms with Gasteiger partial charge in [-0.3, -0.25) is 0 Å². The minimum atomic E-state index is 0.489. The van der Waals surface area contributed by atoms with Crippen molar-refractivity contribution in [1.82, 2.24) is 14.8 Å². The first-order valence-corrected chi connectivity index (χ1v) is 8.52. The van der Waals surface area contributed by atoms with Gasteiger partial charge in [0, 0.05) is 17.1 Å². The second-order valence-electron chi connectivity index (χ2n) is 5.61. The zero-order chi connectivity index (χ0) is 16.5. The molecular weight excluding hydrogens is 316 g/mol. The van der Waals surface area contributed by atoms with Gasteiger partial charge in [0.15, 0.2) is 5.82 Å². The lowest BCUT2D eigenvalue weighted by Crippen LogP contribution is -1.95. The maximum atomic E-state index is 6.11. The Kier molecular flexibility index (Phi) is 3.63. The van der Waals surface area contributed by atoms with Crippen molar-refractivity contribution in [2.75, 3.05) is 5.73 Å². The first kappa shape index (κ1) is 14.7. The minimum absolute atomic E-state index is 0.489. The molecule has 5 heteroatoms. The van der Waals surface area contributed by atoms with E-state index in [-0.39, 0.29) is 0 Å². The Hall–Kier alpha value is -2.92. The van der Waals surface area contributed by atoms with E-state index in [4.69, 9.17) is 10.7 Å². The van der Waals surface area contributed by atoms with Crippen molar-refractivity contribution < 1.29 is 0 Å². The lowest BCUT2D eigenvalue weighted by Gasteiger charge is -1.98. The highest BCUT2D eigenvalue weighted by molar-refractivity contribution is 7.13. The maximum absolute atomic E-state index is 6.11. The lowest BCUT2D eigenvalue weighted by molar-refractivity contribution is 0.886. The molecular formula is C19H16N4S. The summed E-state index contributed by atoms with van der Waals surface area (Å²) >= 11 is 1.58. The maximum Gasteiger partial charge on any atom is 0.156 e. The van der Waals surface area contributed by atoms with Gasteiger partial charge in [0.2, 0.25) is 0 Å². The summed E-state index contributed by atoms with van der Waals surface area (Å²) in [5, 5.41) is 7.35. The van der Waals surface area contributed by atoms with Crippen LogP contribution in [0.4, 0.5) is 5.82 Å². The van der Waals surface area contributed by atoms with Crippen LogP contribution in [0.25, 0.3) is 27.5 Å². The van der Waals surface area contributed by atoms with Crippen molar-refractivity contribution in [3.8, 4) is 27.5 Å². The van der Waals surface area contributed by atoms with E-state index in [1.807, 2.05) is 36.5 Å². The van der Waals surface area contributed by atoms with Crippen LogP contribution in [-0.2, 0) is 0 Å². The minimum Gasteiger partial charge on any atom is -0.382 e. The highest BCUT2D eigenvalue weighted by atomic mass is 32.1. The summed E-state index contributed by atoms with van der Waals surface area (Å²) in [4.78, 5) is 4.73. The van der Waals surface area contributed by atoms with Crippen LogP contribution in [0.1, 0.15) is 5.56 Å². The Balaban J connectivity index is 1.70. The molecule has 0 aliphatic rings. The van der Waals surface area contributed by atoms with Crippen LogP contribution in [0.3, 0.4) is 0 Å². The first-order chi connectivity index (χ1) is 11.7. The van der Waals surface area contributed by atoms with Crippen molar-refractivity contribution in [3.05, 3.63) is 71.7 Å². The van der Waals surface area contributed by atoms with Gasteiger partial charge >= 0.3 is 0 Å². The molecule has 0 unspecified atom stereocenters. The predicted octanol–water partition coefficient (Wildman–Crippen LogP) is 4.55. The van der Waals surface area contributed by atoms with Gasteiger partial charge in [0.25, 0.3) is 0 Å². The van der Waals surface area contributed by atoms with Gasteiger partial charge in [-0.1, -0.05) is 48.0 Å². The van der Waals surface area contributed by atoms with Gasteiger partial charge in [-0.2, -0.15) is 0 Å². The molecule has 0 amide bonds. The number of nitrogens with two attached hydrogens (primary N) is 1. The molecule has 118 valence electrons. The molecule has 0 saturated carbocycles. The van der Waals surface area contributed by atoms with Crippen molar-refractivity contribution in [3.63, 3.8) is 0 Å². The van der Waals surface area contributed by atoms with E-state index < -0.39 is 0 Å². The molecule has 0 aliphatic heterocycles. The fraction of sp³-hybridized carbons (Fsp3) is 0.0526. The standard InChI is InChI=1S/C19H16N4S/c1-13-7-9-14(10-8-13)17-12-24-19(21-17)16-11-23(22-18(16)20)15-5-3-2-4-6-15/h2-12H,1H3,(H2,20,22). The van der Waals surface area contributed by atoms with Gasteiger partial charge in [0.05, 0.1) is 16.9 Å². The van der Waals surface area contributed by atoms with E-state index in [0.29, 0.717) is 5.82 Å². The summed E-state index contributed by atoms with van der Waals surface area (Å²) in [6.07, 6.45) is 1.93. The number of hydrogen-bond donors (Lipinski definition) is 1. The highest BCUT2D eigenvalue weighted by Gasteiger charge is 2.13. The van der Waals surface area contributed by atoms with Crippen molar-refractivity contribution in [1.29, 1.82) is 0 Å². The number of rotatable bonds is 3. The summed E-state index contributed by atoms with van der Waals surface area (Å²) in [5.41, 5.74) is 11.3. The molecule has 4 rings (SSSR count). The van der Waals surface area contributed by atoms with Gasteiger partial charge in [-0.05, 0) is 19.1 Å². The Morgan fingerprint density at radius 2 is 1.75 bits per heavy atom. The summed E-state index contributed by atoms with van der Waals surface area (Å²) < 4.78 is 1.79. The second-order valence-corrected chi connectivity index (χ2v) is 6.47. The van der Waals surface area contributed by atoms with Crippen LogP contribution in [0.2, 0.25) is 0 Å². The molecule has 0 bridgehead atoms. The largest absolute Gasteiger partial charge is 0.382 e. The van der Waals surface area contributed by atoms with E-state index >= 15 is 0 Å². The molecule has 0 saturated heterocycles. The van der Waals surface area contributed by atoms with Crippen LogP contribution in [-0.4, -0.2) is 14.8 Å². The molecule has 0 fully saturated rings. The fourth-order valence-corrected chi connectivity index (χ4v) is 3.37. The van der Waals surface area contributed by atoms with E-state index in [1.54, 1.807) is 16.0 Å². The molecule has 4 aromatic rings. The van der Waals surface area contributed by atoms with E-state index in [0.717, 1.165) is 27.5 Å². The smallest absolute Gasteiger partial charge is 0.156 e. The Morgan fingerprint density at radius 3 is 2.50 bits per heavy atom. The van der Waals surface area contributed by atoms with E-state index in [9.17, 15) is 0 Å². The van der Waals surface area contributed by atoms with Crippen molar-refractivity contribution >= 4 is 17.2 Å². The number of thiazole rings is 1. The molecule has 2 aromatic heterocycles. The van der Waals surface area contributed by atoms with Gasteiger partial charge in [-0.25, -0.2) is 9.67 Å². The third-order valence-corrected chi connectivity index (χ3v) is 4.72. The molecule has 2 heterocycles. The molecule has 0 radical (unpaired) electrons. The van der Waals surface area contributed by atoms with Crippen LogP contribution >= 0.6 is 11.3 Å². The summed E-state index contributed by atoms with van der Waals surface area (Å²) in [6.45, 7) is 2.08. The molecule has 0 atom stereocenters. The third-order valence-electron chi connectivity index (χ3n) is 3.85.